The third kappa shape index (κ3) is 4.13. The normalized spacial score (nSPS) is 10.2. The van der Waals surface area contributed by atoms with Gasteiger partial charge in [0.2, 0.25) is 0 Å². The van der Waals surface area contributed by atoms with E-state index >= 15 is 0 Å². The number of ether oxygens (including phenoxy) is 2. The summed E-state index contributed by atoms with van der Waals surface area (Å²) in [4.78, 5) is 25.6. The van der Waals surface area contributed by atoms with Gasteiger partial charge in [-0.3, -0.25) is 4.79 Å². The Morgan fingerprint density at radius 2 is 1.62 bits per heavy atom. The summed E-state index contributed by atoms with van der Waals surface area (Å²) < 4.78 is 10.6. The number of Topliss-reactive ketones (excluding diaryl/α,β-unsaturated/α-hetero) is 1. The lowest BCUT2D eigenvalue weighted by Crippen LogP contribution is -2.10. The van der Waals surface area contributed by atoms with E-state index in [1.807, 2.05) is 31.1 Å². The molecule has 0 N–H and O–H groups in total. The molecule has 5 heteroatoms. The molecule has 0 spiro atoms. The van der Waals surface area contributed by atoms with E-state index in [2.05, 4.69) is 0 Å². The molecule has 0 aliphatic heterocycles. The number of hydrogen-bond acceptors (Lipinski definition) is 5. The summed E-state index contributed by atoms with van der Waals surface area (Å²) >= 11 is 0. The number of esters is 1. The number of carbonyl (C=O) groups excluding carboxylic acids is 2. The summed E-state index contributed by atoms with van der Waals surface area (Å²) in [7, 11) is 5.40. The zero-order valence-electron chi connectivity index (χ0n) is 14.3. The van der Waals surface area contributed by atoms with Gasteiger partial charge in [-0.15, -0.1) is 0 Å². The lowest BCUT2D eigenvalue weighted by molar-refractivity contribution is 0.0470. The topological polar surface area (TPSA) is 55.8 Å². The van der Waals surface area contributed by atoms with Gasteiger partial charge >= 0.3 is 5.97 Å². The van der Waals surface area contributed by atoms with Gasteiger partial charge < -0.3 is 14.4 Å². The van der Waals surface area contributed by atoms with Crippen LogP contribution >= 0.6 is 0 Å². The Kier molecular flexibility index (Phi) is 5.58. The maximum absolute atomic E-state index is 12.2. The van der Waals surface area contributed by atoms with Crippen LogP contribution in [0.15, 0.2) is 42.5 Å². The molecule has 5 nitrogen and oxygen atoms in total. The van der Waals surface area contributed by atoms with Crippen LogP contribution in [0.2, 0.25) is 0 Å². The van der Waals surface area contributed by atoms with E-state index in [4.69, 9.17) is 9.47 Å². The number of methoxy groups -OCH3 is 1. The van der Waals surface area contributed by atoms with Crippen LogP contribution in [0.5, 0.6) is 5.75 Å². The lowest BCUT2D eigenvalue weighted by Gasteiger charge is -2.13. The van der Waals surface area contributed by atoms with Gasteiger partial charge in [-0.05, 0) is 49.4 Å². The Hall–Kier alpha value is -2.82. The van der Waals surface area contributed by atoms with E-state index < -0.39 is 5.97 Å². The molecule has 0 saturated carbocycles. The number of benzene rings is 2. The summed E-state index contributed by atoms with van der Waals surface area (Å²) in [6.07, 6.45) is 0. The van der Waals surface area contributed by atoms with Gasteiger partial charge in [0.05, 0.1) is 12.7 Å². The van der Waals surface area contributed by atoms with E-state index in [9.17, 15) is 9.59 Å². The number of nitrogens with zero attached hydrogens (tertiary/aromatic N) is 1. The van der Waals surface area contributed by atoms with Gasteiger partial charge in [0, 0.05) is 30.9 Å². The number of hydrogen-bond donors (Lipinski definition) is 0. The second kappa shape index (κ2) is 7.64. The molecule has 0 bridgehead atoms. The minimum Gasteiger partial charge on any atom is -0.496 e. The summed E-state index contributed by atoms with van der Waals surface area (Å²) in [5, 5.41) is 0. The molecule has 0 aromatic heterocycles. The van der Waals surface area contributed by atoms with E-state index in [-0.39, 0.29) is 12.4 Å². The molecule has 0 amide bonds. The first-order chi connectivity index (χ1) is 11.4. The highest BCUT2D eigenvalue weighted by Gasteiger charge is 2.12. The van der Waals surface area contributed by atoms with Crippen molar-refractivity contribution >= 4 is 17.4 Å². The van der Waals surface area contributed by atoms with Crippen molar-refractivity contribution in [3.05, 3.63) is 59.2 Å². The van der Waals surface area contributed by atoms with E-state index in [1.54, 1.807) is 30.3 Å². The molecule has 2 aromatic carbocycles. The highest BCUT2D eigenvalue weighted by molar-refractivity contribution is 5.94. The van der Waals surface area contributed by atoms with Crippen molar-refractivity contribution < 1.29 is 19.1 Å². The summed E-state index contributed by atoms with van der Waals surface area (Å²) in [5.41, 5.74) is 2.69. The highest BCUT2D eigenvalue weighted by atomic mass is 16.5. The highest BCUT2D eigenvalue weighted by Crippen LogP contribution is 2.22. The summed E-state index contributed by atoms with van der Waals surface area (Å²) in [6, 6.07) is 12.2. The van der Waals surface area contributed by atoms with Crippen molar-refractivity contribution in [3.63, 3.8) is 0 Å². The van der Waals surface area contributed by atoms with Crippen molar-refractivity contribution in [2.45, 2.75) is 13.5 Å². The van der Waals surface area contributed by atoms with Crippen LogP contribution in [0.4, 0.5) is 5.69 Å². The third-order valence-corrected chi connectivity index (χ3v) is 3.67. The second-order valence-corrected chi connectivity index (χ2v) is 5.60. The first-order valence-electron chi connectivity index (χ1n) is 7.54. The largest absolute Gasteiger partial charge is 0.496 e. The maximum Gasteiger partial charge on any atom is 0.338 e. The number of anilines is 1. The van der Waals surface area contributed by atoms with Crippen molar-refractivity contribution in [2.75, 3.05) is 26.1 Å². The Morgan fingerprint density at radius 3 is 2.17 bits per heavy atom. The number of carbonyl (C=O) groups is 2. The van der Waals surface area contributed by atoms with Crippen molar-refractivity contribution in [2.24, 2.45) is 0 Å². The maximum atomic E-state index is 12.2. The van der Waals surface area contributed by atoms with Gasteiger partial charge in [-0.1, -0.05) is 0 Å². The molecule has 2 aromatic rings. The Balaban J connectivity index is 2.10. The fourth-order valence-corrected chi connectivity index (χ4v) is 2.23. The van der Waals surface area contributed by atoms with Crippen LogP contribution < -0.4 is 9.64 Å². The van der Waals surface area contributed by atoms with Crippen LogP contribution in [0.1, 0.15) is 33.2 Å². The summed E-state index contributed by atoms with van der Waals surface area (Å²) in [5.74, 6) is 0.107. The average Bonchev–Trinajstić information content (AvgIpc) is 2.59. The first-order valence-corrected chi connectivity index (χ1v) is 7.54. The minimum atomic E-state index is -0.421. The van der Waals surface area contributed by atoms with Gasteiger partial charge in [0.15, 0.2) is 5.78 Å². The van der Waals surface area contributed by atoms with Gasteiger partial charge in [-0.2, -0.15) is 0 Å². The van der Waals surface area contributed by atoms with Crippen LogP contribution in [0.25, 0.3) is 0 Å². The summed E-state index contributed by atoms with van der Waals surface area (Å²) in [6.45, 7) is 1.53. The SMILES string of the molecule is COc1ccc(C(C)=O)cc1COC(=O)c1ccc(N(C)C)cc1. The molecule has 0 atom stereocenters. The van der Waals surface area contributed by atoms with Gasteiger partial charge in [0.1, 0.15) is 12.4 Å². The molecular weight excluding hydrogens is 306 g/mol. The smallest absolute Gasteiger partial charge is 0.338 e. The fraction of sp³-hybridized carbons (Fsp3) is 0.263. The zero-order chi connectivity index (χ0) is 17.7. The molecule has 0 unspecified atom stereocenters. The van der Waals surface area contributed by atoms with Gasteiger partial charge in [0.25, 0.3) is 0 Å². The zero-order valence-corrected chi connectivity index (χ0v) is 14.3. The van der Waals surface area contributed by atoms with E-state index in [1.165, 1.54) is 14.0 Å². The Bertz CT molecular complexity index is 736. The fourth-order valence-electron chi connectivity index (χ4n) is 2.23. The van der Waals surface area contributed by atoms with E-state index in [0.717, 1.165) is 5.69 Å². The molecule has 0 radical (unpaired) electrons. The third-order valence-electron chi connectivity index (χ3n) is 3.67. The van der Waals surface area contributed by atoms with Crippen molar-refractivity contribution in [1.29, 1.82) is 0 Å². The molecular formula is C19H21NO4. The molecule has 0 fully saturated rings. The monoisotopic (exact) mass is 327 g/mol. The standard InChI is InChI=1S/C19H21NO4/c1-13(21)15-7-10-18(23-4)16(11-15)12-24-19(22)14-5-8-17(9-6-14)20(2)3/h5-11H,12H2,1-4H3. The molecule has 0 aliphatic carbocycles. The number of ketones is 1. The average molecular weight is 327 g/mol. The van der Waals surface area contributed by atoms with Gasteiger partial charge in [-0.25, -0.2) is 4.79 Å². The van der Waals surface area contributed by atoms with Crippen LogP contribution in [-0.4, -0.2) is 33.0 Å². The second-order valence-electron chi connectivity index (χ2n) is 5.60. The van der Waals surface area contributed by atoms with E-state index in [0.29, 0.717) is 22.4 Å². The Labute approximate surface area is 141 Å². The minimum absolute atomic E-state index is 0.0402. The van der Waals surface area contributed by atoms with Crippen LogP contribution in [0, 0.1) is 0 Å². The molecule has 24 heavy (non-hydrogen) atoms. The quantitative estimate of drug-likeness (QED) is 0.602. The lowest BCUT2D eigenvalue weighted by atomic mass is 10.1. The van der Waals surface area contributed by atoms with Crippen molar-refractivity contribution in [1.82, 2.24) is 0 Å². The molecule has 2 rings (SSSR count). The van der Waals surface area contributed by atoms with Crippen LogP contribution in [-0.2, 0) is 11.3 Å². The first kappa shape index (κ1) is 17.5. The Morgan fingerprint density at radius 1 is 1.00 bits per heavy atom. The molecule has 126 valence electrons. The van der Waals surface area contributed by atoms with Crippen molar-refractivity contribution in [3.8, 4) is 5.75 Å². The number of rotatable bonds is 6. The predicted molar refractivity (Wildman–Crippen MR) is 92.9 cm³/mol. The molecule has 0 aliphatic rings. The van der Waals surface area contributed by atoms with Crippen LogP contribution in [0.3, 0.4) is 0 Å². The molecule has 0 saturated heterocycles. The predicted octanol–water partition coefficient (Wildman–Crippen LogP) is 3.32. The molecule has 0 heterocycles.